The predicted molar refractivity (Wildman–Crippen MR) is 106 cm³/mol. The van der Waals surface area contributed by atoms with Gasteiger partial charge in [-0.2, -0.15) is 0 Å². The van der Waals surface area contributed by atoms with Crippen molar-refractivity contribution in [1.82, 2.24) is 10.2 Å². The van der Waals surface area contributed by atoms with Crippen LogP contribution in [-0.4, -0.2) is 44.2 Å². The predicted octanol–water partition coefficient (Wildman–Crippen LogP) is 3.33. The average molecular weight is 368 g/mol. The number of hydrogen-bond donors (Lipinski definition) is 1. The van der Waals surface area contributed by atoms with Crippen LogP contribution in [0.15, 0.2) is 42.5 Å². The summed E-state index contributed by atoms with van der Waals surface area (Å²) in [6, 6.07) is 13.7. The van der Waals surface area contributed by atoms with Crippen LogP contribution in [0.3, 0.4) is 0 Å². The minimum atomic E-state index is -0.139. The molecule has 3 rings (SSSR count). The van der Waals surface area contributed by atoms with Crippen molar-refractivity contribution in [2.75, 3.05) is 33.4 Å². The minimum absolute atomic E-state index is 0.0796. The van der Waals surface area contributed by atoms with E-state index in [0.717, 1.165) is 49.7 Å². The van der Waals surface area contributed by atoms with Crippen molar-refractivity contribution in [2.45, 2.75) is 26.4 Å². The van der Waals surface area contributed by atoms with Gasteiger partial charge in [0.05, 0.1) is 26.4 Å². The quantitative estimate of drug-likeness (QED) is 0.850. The first-order chi connectivity index (χ1) is 13.1. The summed E-state index contributed by atoms with van der Waals surface area (Å²) in [5, 5.41) is 3.07. The number of hydrogen-bond acceptors (Lipinski definition) is 4. The number of rotatable bonds is 6. The van der Waals surface area contributed by atoms with E-state index >= 15 is 0 Å². The first-order valence-electron chi connectivity index (χ1n) is 9.41. The number of amides is 1. The molecule has 1 aliphatic rings. The molecule has 0 bridgehead atoms. The van der Waals surface area contributed by atoms with Gasteiger partial charge < -0.3 is 14.8 Å². The van der Waals surface area contributed by atoms with Gasteiger partial charge in [0.15, 0.2) is 0 Å². The summed E-state index contributed by atoms with van der Waals surface area (Å²) in [5.41, 5.74) is 4.00. The molecule has 1 atom stereocenters. The molecule has 1 aliphatic heterocycles. The number of methoxy groups -OCH3 is 1. The Balaban J connectivity index is 1.63. The van der Waals surface area contributed by atoms with Gasteiger partial charge in [0.25, 0.3) is 5.91 Å². The third kappa shape index (κ3) is 5.08. The lowest BCUT2D eigenvalue weighted by Gasteiger charge is -2.26. The average Bonchev–Trinajstić information content (AvgIpc) is 2.69. The molecule has 144 valence electrons. The summed E-state index contributed by atoms with van der Waals surface area (Å²) >= 11 is 0. The van der Waals surface area contributed by atoms with Crippen molar-refractivity contribution in [3.8, 4) is 5.75 Å². The van der Waals surface area contributed by atoms with E-state index < -0.39 is 0 Å². The fourth-order valence-corrected chi connectivity index (χ4v) is 3.33. The van der Waals surface area contributed by atoms with Gasteiger partial charge in [0.2, 0.25) is 0 Å². The van der Waals surface area contributed by atoms with Gasteiger partial charge in [-0.1, -0.05) is 29.8 Å². The summed E-state index contributed by atoms with van der Waals surface area (Å²) < 4.78 is 10.8. The van der Waals surface area contributed by atoms with Crippen molar-refractivity contribution in [2.24, 2.45) is 0 Å². The van der Waals surface area contributed by atoms with E-state index in [1.807, 2.05) is 50.2 Å². The van der Waals surface area contributed by atoms with Crippen LogP contribution in [0.4, 0.5) is 0 Å². The van der Waals surface area contributed by atoms with Crippen LogP contribution in [-0.2, 0) is 11.3 Å². The number of carbonyl (C=O) groups excluding carboxylic acids is 1. The molecule has 0 aliphatic carbocycles. The Bertz CT molecular complexity index is 768. The van der Waals surface area contributed by atoms with E-state index in [1.54, 1.807) is 7.11 Å². The topological polar surface area (TPSA) is 50.8 Å². The highest BCUT2D eigenvalue weighted by atomic mass is 16.5. The van der Waals surface area contributed by atoms with Crippen LogP contribution >= 0.6 is 0 Å². The first-order valence-corrected chi connectivity index (χ1v) is 9.41. The van der Waals surface area contributed by atoms with Gasteiger partial charge in [-0.3, -0.25) is 9.69 Å². The zero-order valence-electron chi connectivity index (χ0n) is 16.3. The van der Waals surface area contributed by atoms with Crippen LogP contribution in [0.2, 0.25) is 0 Å². The van der Waals surface area contributed by atoms with Crippen molar-refractivity contribution in [1.29, 1.82) is 0 Å². The Morgan fingerprint density at radius 3 is 2.56 bits per heavy atom. The van der Waals surface area contributed by atoms with Crippen molar-refractivity contribution >= 4 is 5.91 Å². The summed E-state index contributed by atoms with van der Waals surface area (Å²) in [5.74, 6) is 0.707. The second kappa shape index (κ2) is 9.02. The lowest BCUT2D eigenvalue weighted by molar-refractivity contribution is 0.0342. The largest absolute Gasteiger partial charge is 0.496 e. The number of nitrogens with one attached hydrogen (secondary N) is 1. The maximum Gasteiger partial charge on any atom is 0.251 e. The van der Waals surface area contributed by atoms with Crippen molar-refractivity contribution in [3.05, 3.63) is 64.7 Å². The van der Waals surface area contributed by atoms with Crippen LogP contribution < -0.4 is 10.1 Å². The number of aryl methyl sites for hydroxylation is 1. The molecule has 0 saturated carbocycles. The number of ether oxygens (including phenoxy) is 2. The molecule has 1 heterocycles. The first kappa shape index (κ1) is 19.4. The number of nitrogens with zero attached hydrogens (tertiary/aromatic N) is 1. The van der Waals surface area contributed by atoms with Gasteiger partial charge in [-0.15, -0.1) is 0 Å². The second-order valence-corrected chi connectivity index (χ2v) is 7.03. The number of morpholine rings is 1. The van der Waals surface area contributed by atoms with Gasteiger partial charge in [-0.05, 0) is 37.6 Å². The van der Waals surface area contributed by atoms with Gasteiger partial charge in [0.1, 0.15) is 5.75 Å². The standard InChI is InChI=1S/C22H28N2O3/c1-16-4-9-21(26-3)20(14-16)17(2)23-22(25)19-7-5-18(6-8-19)15-24-10-12-27-13-11-24/h4-9,14,17H,10-13,15H2,1-3H3,(H,23,25). The highest BCUT2D eigenvalue weighted by molar-refractivity contribution is 5.94. The zero-order chi connectivity index (χ0) is 19.2. The van der Waals surface area contributed by atoms with Crippen LogP contribution in [0.5, 0.6) is 5.75 Å². The van der Waals surface area contributed by atoms with E-state index in [0.29, 0.717) is 5.56 Å². The number of carbonyl (C=O) groups is 1. The van der Waals surface area contributed by atoms with Crippen LogP contribution in [0.25, 0.3) is 0 Å². The van der Waals surface area contributed by atoms with E-state index in [-0.39, 0.29) is 11.9 Å². The molecule has 1 unspecified atom stereocenters. The van der Waals surface area contributed by atoms with Crippen LogP contribution in [0, 0.1) is 6.92 Å². The van der Waals surface area contributed by atoms with Crippen molar-refractivity contribution < 1.29 is 14.3 Å². The lowest BCUT2D eigenvalue weighted by Crippen LogP contribution is -2.35. The Morgan fingerprint density at radius 1 is 1.19 bits per heavy atom. The molecular weight excluding hydrogens is 340 g/mol. The Hall–Kier alpha value is -2.37. The van der Waals surface area contributed by atoms with E-state index in [9.17, 15) is 4.79 Å². The maximum absolute atomic E-state index is 12.6. The van der Waals surface area contributed by atoms with E-state index in [2.05, 4.69) is 16.3 Å². The van der Waals surface area contributed by atoms with Gasteiger partial charge in [-0.25, -0.2) is 0 Å². The minimum Gasteiger partial charge on any atom is -0.496 e. The SMILES string of the molecule is COc1ccc(C)cc1C(C)NC(=O)c1ccc(CN2CCOCC2)cc1. The molecule has 0 spiro atoms. The Morgan fingerprint density at radius 2 is 1.89 bits per heavy atom. The molecule has 5 heteroatoms. The maximum atomic E-state index is 12.6. The van der Waals surface area contributed by atoms with Crippen molar-refractivity contribution in [3.63, 3.8) is 0 Å². The summed E-state index contributed by atoms with van der Waals surface area (Å²) in [7, 11) is 1.65. The summed E-state index contributed by atoms with van der Waals surface area (Å²) in [6.07, 6.45) is 0. The third-order valence-electron chi connectivity index (χ3n) is 4.93. The molecule has 0 aromatic heterocycles. The lowest BCUT2D eigenvalue weighted by atomic mass is 10.0. The smallest absolute Gasteiger partial charge is 0.251 e. The molecule has 1 N–H and O–H groups in total. The van der Waals surface area contributed by atoms with E-state index in [4.69, 9.17) is 9.47 Å². The third-order valence-corrected chi connectivity index (χ3v) is 4.93. The molecule has 1 amide bonds. The highest BCUT2D eigenvalue weighted by Gasteiger charge is 2.16. The normalized spacial score (nSPS) is 16.0. The van der Waals surface area contributed by atoms with Gasteiger partial charge in [0, 0.05) is 30.8 Å². The summed E-state index contributed by atoms with van der Waals surface area (Å²) in [6.45, 7) is 8.40. The Kier molecular flexibility index (Phi) is 6.48. The highest BCUT2D eigenvalue weighted by Crippen LogP contribution is 2.26. The summed E-state index contributed by atoms with van der Waals surface area (Å²) in [4.78, 5) is 15.0. The van der Waals surface area contributed by atoms with Crippen LogP contribution in [0.1, 0.15) is 40.0 Å². The van der Waals surface area contributed by atoms with E-state index in [1.165, 1.54) is 5.56 Å². The Labute approximate surface area is 161 Å². The number of benzene rings is 2. The molecule has 2 aromatic carbocycles. The molecule has 1 fully saturated rings. The molecule has 27 heavy (non-hydrogen) atoms. The molecular formula is C22H28N2O3. The molecule has 2 aromatic rings. The second-order valence-electron chi connectivity index (χ2n) is 7.03. The zero-order valence-corrected chi connectivity index (χ0v) is 16.3. The monoisotopic (exact) mass is 368 g/mol. The molecule has 0 radical (unpaired) electrons. The van der Waals surface area contributed by atoms with Gasteiger partial charge >= 0.3 is 0 Å². The molecule has 1 saturated heterocycles. The fourth-order valence-electron chi connectivity index (χ4n) is 3.33. The molecule has 5 nitrogen and oxygen atoms in total. The fraction of sp³-hybridized carbons (Fsp3) is 0.409.